The molecule has 2 aromatic rings. The maximum absolute atomic E-state index is 13.5. The lowest BCUT2D eigenvalue weighted by molar-refractivity contribution is 0.0728. The standard InChI is InChI=1S/C23H34ClN3O3.C6H8/c1-8-12-27-17(5)16(4)25-20(27)14-26(13-11-15(2)3)23(28)18-9-10-19(29-6)22(30-7)21(18)24;1-3-5-6-4-2/h9-10,15H,8,11-14H2,1-7H3;3-6H,1-2H2/b;6-5-. The van der Waals surface area contributed by atoms with Gasteiger partial charge in [-0.3, -0.25) is 4.79 Å². The molecule has 0 radical (unpaired) electrons. The molecule has 0 bridgehead atoms. The quantitative estimate of drug-likeness (QED) is 0.281. The monoisotopic (exact) mass is 515 g/mol. The van der Waals surface area contributed by atoms with Gasteiger partial charge in [-0.1, -0.05) is 69.8 Å². The van der Waals surface area contributed by atoms with E-state index in [-0.39, 0.29) is 10.9 Å². The lowest BCUT2D eigenvalue weighted by atomic mass is 10.1. The number of benzene rings is 1. The maximum Gasteiger partial charge on any atom is 0.255 e. The summed E-state index contributed by atoms with van der Waals surface area (Å²) < 4.78 is 12.9. The number of hydrogen-bond acceptors (Lipinski definition) is 4. The number of aromatic nitrogens is 2. The highest BCUT2D eigenvalue weighted by Gasteiger charge is 2.25. The number of methoxy groups -OCH3 is 2. The fourth-order valence-electron chi connectivity index (χ4n) is 3.58. The Morgan fingerprint density at radius 1 is 1.17 bits per heavy atom. The van der Waals surface area contributed by atoms with Crippen LogP contribution >= 0.6 is 11.6 Å². The second-order valence-electron chi connectivity index (χ2n) is 8.78. The van der Waals surface area contributed by atoms with Crippen molar-refractivity contribution in [3.63, 3.8) is 0 Å². The van der Waals surface area contributed by atoms with Crippen LogP contribution < -0.4 is 9.47 Å². The predicted molar refractivity (Wildman–Crippen MR) is 150 cm³/mol. The normalized spacial score (nSPS) is 10.7. The minimum Gasteiger partial charge on any atom is -0.493 e. The van der Waals surface area contributed by atoms with Crippen molar-refractivity contribution >= 4 is 17.5 Å². The number of allylic oxidation sites excluding steroid dienone is 4. The Hall–Kier alpha value is -2.99. The van der Waals surface area contributed by atoms with Gasteiger partial charge in [-0.05, 0) is 44.7 Å². The van der Waals surface area contributed by atoms with E-state index in [1.54, 1.807) is 31.4 Å². The van der Waals surface area contributed by atoms with Crippen LogP contribution in [0.15, 0.2) is 49.6 Å². The molecule has 1 amide bonds. The summed E-state index contributed by atoms with van der Waals surface area (Å²) in [5.41, 5.74) is 2.55. The molecule has 6 nitrogen and oxygen atoms in total. The summed E-state index contributed by atoms with van der Waals surface area (Å²) >= 11 is 6.53. The van der Waals surface area contributed by atoms with Crippen molar-refractivity contribution in [2.45, 2.75) is 60.5 Å². The van der Waals surface area contributed by atoms with Crippen molar-refractivity contribution in [2.75, 3.05) is 20.8 Å². The average molecular weight is 516 g/mol. The maximum atomic E-state index is 13.5. The zero-order chi connectivity index (χ0) is 27.3. The molecule has 1 aromatic heterocycles. The van der Waals surface area contributed by atoms with Gasteiger partial charge in [-0.25, -0.2) is 4.98 Å². The average Bonchev–Trinajstić information content (AvgIpc) is 3.12. The van der Waals surface area contributed by atoms with Crippen LogP contribution in [0.25, 0.3) is 0 Å². The van der Waals surface area contributed by atoms with Crippen LogP contribution in [0.4, 0.5) is 0 Å². The molecule has 0 unspecified atom stereocenters. The lowest BCUT2D eigenvalue weighted by Crippen LogP contribution is -2.33. The van der Waals surface area contributed by atoms with Gasteiger partial charge in [-0.2, -0.15) is 0 Å². The summed E-state index contributed by atoms with van der Waals surface area (Å²) in [4.78, 5) is 20.1. The third-order valence-electron chi connectivity index (χ3n) is 5.68. The van der Waals surface area contributed by atoms with Gasteiger partial charge in [0.15, 0.2) is 11.5 Å². The first-order chi connectivity index (χ1) is 17.2. The predicted octanol–water partition coefficient (Wildman–Crippen LogP) is 7.18. The summed E-state index contributed by atoms with van der Waals surface area (Å²) in [5.74, 6) is 2.11. The van der Waals surface area contributed by atoms with E-state index in [0.29, 0.717) is 36.1 Å². The van der Waals surface area contributed by atoms with E-state index in [1.165, 1.54) is 7.11 Å². The van der Waals surface area contributed by atoms with Crippen LogP contribution in [0.3, 0.4) is 0 Å². The molecule has 0 N–H and O–H groups in total. The highest BCUT2D eigenvalue weighted by molar-refractivity contribution is 6.35. The van der Waals surface area contributed by atoms with Gasteiger partial charge in [0.25, 0.3) is 5.91 Å². The SMILES string of the molecule is C=C/C=C\C=C.CCCn1c(CN(CCC(C)C)C(=O)c2ccc(OC)c(OC)c2Cl)nc(C)c1C. The van der Waals surface area contributed by atoms with Crippen molar-refractivity contribution in [1.29, 1.82) is 0 Å². The first kappa shape index (κ1) is 31.0. The van der Waals surface area contributed by atoms with Crippen molar-refractivity contribution in [1.82, 2.24) is 14.5 Å². The Morgan fingerprint density at radius 2 is 1.81 bits per heavy atom. The number of hydrogen-bond donors (Lipinski definition) is 0. The Morgan fingerprint density at radius 3 is 2.31 bits per heavy atom. The first-order valence-electron chi connectivity index (χ1n) is 12.3. The molecule has 1 aromatic carbocycles. The summed E-state index contributed by atoms with van der Waals surface area (Å²) in [6.45, 7) is 19.4. The van der Waals surface area contributed by atoms with Crippen LogP contribution in [0.5, 0.6) is 11.5 Å². The van der Waals surface area contributed by atoms with E-state index < -0.39 is 0 Å². The summed E-state index contributed by atoms with van der Waals surface area (Å²) in [6.07, 6.45) is 8.97. The van der Waals surface area contributed by atoms with Crippen molar-refractivity contribution in [3.05, 3.63) is 77.4 Å². The number of nitrogens with zero attached hydrogens (tertiary/aromatic N) is 3. The minimum absolute atomic E-state index is 0.136. The Labute approximate surface area is 222 Å². The van der Waals surface area contributed by atoms with Gasteiger partial charge in [0.2, 0.25) is 0 Å². The molecule has 0 fully saturated rings. The van der Waals surface area contributed by atoms with Gasteiger partial charge >= 0.3 is 0 Å². The molecule has 2 rings (SSSR count). The van der Waals surface area contributed by atoms with Gasteiger partial charge < -0.3 is 18.9 Å². The van der Waals surface area contributed by atoms with Crippen molar-refractivity contribution in [3.8, 4) is 11.5 Å². The molecule has 0 aliphatic heterocycles. The zero-order valence-corrected chi connectivity index (χ0v) is 23.7. The van der Waals surface area contributed by atoms with Crippen molar-refractivity contribution < 1.29 is 14.3 Å². The smallest absolute Gasteiger partial charge is 0.255 e. The molecular weight excluding hydrogens is 474 g/mol. The van der Waals surface area contributed by atoms with Gasteiger partial charge in [0.05, 0.1) is 37.0 Å². The van der Waals surface area contributed by atoms with Crippen molar-refractivity contribution in [2.24, 2.45) is 5.92 Å². The number of carbonyl (C=O) groups is 1. The number of imidazole rings is 1. The molecule has 1 heterocycles. The number of rotatable bonds is 12. The number of aryl methyl sites for hydroxylation is 1. The summed E-state index contributed by atoms with van der Waals surface area (Å²) in [6, 6.07) is 3.41. The van der Waals surface area contributed by atoms with Gasteiger partial charge in [0.1, 0.15) is 5.82 Å². The Balaban J connectivity index is 0.000000960. The number of ether oxygens (including phenoxy) is 2. The van der Waals surface area contributed by atoms with E-state index in [2.05, 4.69) is 45.4 Å². The van der Waals surface area contributed by atoms with Crippen LogP contribution in [0.1, 0.15) is 61.2 Å². The van der Waals surface area contributed by atoms with Gasteiger partial charge in [-0.15, -0.1) is 0 Å². The van der Waals surface area contributed by atoms with E-state index in [1.807, 2.05) is 24.0 Å². The number of halogens is 1. The second-order valence-corrected chi connectivity index (χ2v) is 9.16. The molecule has 198 valence electrons. The molecule has 0 spiro atoms. The largest absolute Gasteiger partial charge is 0.493 e. The first-order valence-corrected chi connectivity index (χ1v) is 12.7. The van der Waals surface area contributed by atoms with Crippen LogP contribution in [-0.4, -0.2) is 41.1 Å². The molecule has 0 aliphatic carbocycles. The van der Waals surface area contributed by atoms with E-state index in [0.717, 1.165) is 36.6 Å². The van der Waals surface area contributed by atoms with Crippen LogP contribution in [0.2, 0.25) is 5.02 Å². The topological polar surface area (TPSA) is 56.6 Å². The number of amides is 1. The molecule has 36 heavy (non-hydrogen) atoms. The molecule has 0 saturated heterocycles. The lowest BCUT2D eigenvalue weighted by Gasteiger charge is -2.25. The zero-order valence-electron chi connectivity index (χ0n) is 22.9. The minimum atomic E-state index is -0.136. The van der Waals surface area contributed by atoms with Crippen LogP contribution in [-0.2, 0) is 13.1 Å². The highest BCUT2D eigenvalue weighted by atomic mass is 35.5. The molecule has 0 aliphatic rings. The van der Waals surface area contributed by atoms with E-state index >= 15 is 0 Å². The second kappa shape index (κ2) is 15.9. The number of carbonyl (C=O) groups excluding carboxylic acids is 1. The van der Waals surface area contributed by atoms with E-state index in [9.17, 15) is 4.79 Å². The summed E-state index contributed by atoms with van der Waals surface area (Å²) in [5, 5.41) is 0.264. The van der Waals surface area contributed by atoms with Crippen LogP contribution in [0, 0.1) is 19.8 Å². The third-order valence-corrected chi connectivity index (χ3v) is 6.05. The highest BCUT2D eigenvalue weighted by Crippen LogP contribution is 2.38. The molecule has 7 heteroatoms. The fourth-order valence-corrected chi connectivity index (χ4v) is 3.90. The third kappa shape index (κ3) is 8.59. The van der Waals surface area contributed by atoms with Gasteiger partial charge in [0, 0.05) is 18.8 Å². The molecular formula is C29H42ClN3O3. The summed E-state index contributed by atoms with van der Waals surface area (Å²) in [7, 11) is 3.06. The Kier molecular flexibility index (Phi) is 13.7. The van der Waals surface area contributed by atoms with E-state index in [4.69, 9.17) is 26.1 Å². The molecule has 0 saturated carbocycles. The Bertz CT molecular complexity index is 1030. The molecule has 0 atom stereocenters. The fraction of sp³-hybridized carbons (Fsp3) is 0.448.